The fourth-order valence-corrected chi connectivity index (χ4v) is 2.50. The molecule has 1 unspecified atom stereocenters. The van der Waals surface area contributed by atoms with E-state index in [1.165, 1.54) is 34.7 Å². The summed E-state index contributed by atoms with van der Waals surface area (Å²) in [5.74, 6) is 0.797. The normalized spacial score (nSPS) is 19.0. The van der Waals surface area contributed by atoms with Crippen molar-refractivity contribution in [3.63, 3.8) is 0 Å². The minimum atomic E-state index is 0.520. The highest BCUT2D eigenvalue weighted by atomic mass is 16.5. The Balaban J connectivity index is 0.000000385. The van der Waals surface area contributed by atoms with E-state index in [1.54, 1.807) is 0 Å². The fraction of sp³-hybridized carbons (Fsp3) is 0.565. The Morgan fingerprint density at radius 1 is 0.750 bits per heavy atom. The average Bonchev–Trinajstić information content (AvgIpc) is 2.62. The molecule has 0 saturated carbocycles. The third-order valence-electron chi connectivity index (χ3n) is 3.88. The Hall–Kier alpha value is -1.34. The first-order chi connectivity index (χ1) is 11.5. The van der Waals surface area contributed by atoms with E-state index in [0.717, 1.165) is 12.5 Å². The van der Waals surface area contributed by atoms with Crippen molar-refractivity contribution in [2.24, 2.45) is 5.92 Å². The summed E-state index contributed by atoms with van der Waals surface area (Å²) in [5, 5.41) is 2.67. The van der Waals surface area contributed by atoms with Crippen LogP contribution >= 0.6 is 0 Å². The molecule has 1 nitrogen and oxygen atoms in total. The summed E-state index contributed by atoms with van der Waals surface area (Å²) in [4.78, 5) is 0. The maximum absolute atomic E-state index is 5.39. The van der Waals surface area contributed by atoms with Gasteiger partial charge in [0.15, 0.2) is 0 Å². The Bertz CT molecular complexity index is 500. The molecular weight excluding hydrogens is 292 g/mol. The lowest BCUT2D eigenvalue weighted by molar-refractivity contribution is 0.000267. The van der Waals surface area contributed by atoms with Crippen LogP contribution in [0.1, 0.15) is 65.5 Å². The summed E-state index contributed by atoms with van der Waals surface area (Å²) in [5.41, 5.74) is 2.65. The smallest absolute Gasteiger partial charge is 0.0547 e. The van der Waals surface area contributed by atoms with Crippen molar-refractivity contribution < 1.29 is 4.74 Å². The van der Waals surface area contributed by atoms with Crippen LogP contribution in [0.5, 0.6) is 0 Å². The molecule has 24 heavy (non-hydrogen) atoms. The van der Waals surface area contributed by atoms with Gasteiger partial charge in [-0.25, -0.2) is 0 Å². The molecule has 0 radical (unpaired) electrons. The van der Waals surface area contributed by atoms with Gasteiger partial charge in [-0.1, -0.05) is 82.1 Å². The number of benzene rings is 2. The first-order valence-electron chi connectivity index (χ1n) is 9.63. The SMILES string of the molecule is CC.CC.CC1CC[C@@H](C)OC1.Cc1ccc2cc(C)ccc2c1. The first kappa shape index (κ1) is 22.7. The standard InChI is InChI=1S/C12H12.C7H14O.2C2H6/c1-9-3-5-12-8-10(2)4-6-11(12)7-9;1-6-3-4-7(2)8-5-6;2*1-2/h3-8H,1-2H3;6-7H,3-5H2,1-2H3;2*1-2H3/t;6?,7-;;/m.1../s1. The maximum atomic E-state index is 5.39. The number of fused-ring (bicyclic) bond motifs is 1. The highest BCUT2D eigenvalue weighted by molar-refractivity contribution is 5.83. The Morgan fingerprint density at radius 3 is 1.54 bits per heavy atom. The number of hydrogen-bond donors (Lipinski definition) is 0. The lowest BCUT2D eigenvalue weighted by Crippen LogP contribution is -2.21. The Labute approximate surface area is 150 Å². The lowest BCUT2D eigenvalue weighted by atomic mass is 10.0. The number of ether oxygens (including phenoxy) is 1. The summed E-state index contributed by atoms with van der Waals surface area (Å²) in [7, 11) is 0. The van der Waals surface area contributed by atoms with Gasteiger partial charge < -0.3 is 4.74 Å². The van der Waals surface area contributed by atoms with Gasteiger partial charge in [-0.2, -0.15) is 0 Å². The molecule has 2 atom stereocenters. The molecule has 1 heteroatoms. The zero-order valence-electron chi connectivity index (χ0n) is 17.1. The van der Waals surface area contributed by atoms with Gasteiger partial charge in [0.2, 0.25) is 0 Å². The second-order valence-corrected chi connectivity index (χ2v) is 6.18. The van der Waals surface area contributed by atoms with Crippen LogP contribution in [0.15, 0.2) is 36.4 Å². The van der Waals surface area contributed by atoms with E-state index in [2.05, 4.69) is 64.1 Å². The summed E-state index contributed by atoms with van der Waals surface area (Å²) in [6.45, 7) is 17.6. The van der Waals surface area contributed by atoms with Crippen molar-refractivity contribution in [1.29, 1.82) is 0 Å². The zero-order chi connectivity index (χ0) is 18.5. The predicted octanol–water partition coefficient (Wildman–Crippen LogP) is 7.33. The minimum Gasteiger partial charge on any atom is -0.378 e. The van der Waals surface area contributed by atoms with Crippen molar-refractivity contribution in [1.82, 2.24) is 0 Å². The largest absolute Gasteiger partial charge is 0.378 e. The molecule has 0 amide bonds. The van der Waals surface area contributed by atoms with E-state index in [9.17, 15) is 0 Å². The van der Waals surface area contributed by atoms with Crippen LogP contribution in [0.2, 0.25) is 0 Å². The summed E-state index contributed by atoms with van der Waals surface area (Å²) >= 11 is 0. The number of rotatable bonds is 0. The minimum absolute atomic E-state index is 0.520. The molecule has 2 aromatic carbocycles. The van der Waals surface area contributed by atoms with E-state index in [4.69, 9.17) is 4.74 Å². The van der Waals surface area contributed by atoms with Gasteiger partial charge in [0.1, 0.15) is 0 Å². The van der Waals surface area contributed by atoms with Crippen LogP contribution in [0.4, 0.5) is 0 Å². The van der Waals surface area contributed by atoms with Gasteiger partial charge >= 0.3 is 0 Å². The summed E-state index contributed by atoms with van der Waals surface area (Å²) in [6.07, 6.45) is 3.12. The topological polar surface area (TPSA) is 9.23 Å². The molecule has 1 heterocycles. The molecule has 3 rings (SSSR count). The molecule has 0 spiro atoms. The maximum Gasteiger partial charge on any atom is 0.0547 e. The third-order valence-corrected chi connectivity index (χ3v) is 3.88. The highest BCUT2D eigenvalue weighted by Gasteiger charge is 2.13. The van der Waals surface area contributed by atoms with Gasteiger partial charge in [0, 0.05) is 6.61 Å². The van der Waals surface area contributed by atoms with Crippen molar-refractivity contribution >= 4 is 10.8 Å². The van der Waals surface area contributed by atoms with Crippen LogP contribution in [0.25, 0.3) is 10.8 Å². The second kappa shape index (κ2) is 13.0. The summed E-state index contributed by atoms with van der Waals surface area (Å²) in [6, 6.07) is 13.1. The predicted molar refractivity (Wildman–Crippen MR) is 110 cm³/mol. The molecule has 0 aromatic heterocycles. The van der Waals surface area contributed by atoms with Gasteiger partial charge in [-0.3, -0.25) is 0 Å². The lowest BCUT2D eigenvalue weighted by Gasteiger charge is -2.23. The van der Waals surface area contributed by atoms with E-state index in [0.29, 0.717) is 6.10 Å². The van der Waals surface area contributed by atoms with Crippen molar-refractivity contribution in [2.45, 2.75) is 74.3 Å². The molecular formula is C23H38O. The molecule has 0 aliphatic carbocycles. The van der Waals surface area contributed by atoms with Crippen molar-refractivity contribution in [3.8, 4) is 0 Å². The number of hydrogen-bond acceptors (Lipinski definition) is 1. The van der Waals surface area contributed by atoms with Crippen molar-refractivity contribution in [3.05, 3.63) is 47.5 Å². The van der Waals surface area contributed by atoms with Crippen LogP contribution in [0, 0.1) is 19.8 Å². The van der Waals surface area contributed by atoms with E-state index in [1.807, 2.05) is 27.7 Å². The Morgan fingerprint density at radius 2 is 1.21 bits per heavy atom. The summed E-state index contributed by atoms with van der Waals surface area (Å²) < 4.78 is 5.39. The molecule has 1 fully saturated rings. The zero-order valence-corrected chi connectivity index (χ0v) is 17.1. The highest BCUT2D eigenvalue weighted by Crippen LogP contribution is 2.17. The first-order valence-corrected chi connectivity index (χ1v) is 9.63. The quantitative estimate of drug-likeness (QED) is 0.491. The van der Waals surface area contributed by atoms with Gasteiger partial charge in [0.05, 0.1) is 6.10 Å². The van der Waals surface area contributed by atoms with Crippen LogP contribution < -0.4 is 0 Å². The van der Waals surface area contributed by atoms with Crippen molar-refractivity contribution in [2.75, 3.05) is 6.61 Å². The van der Waals surface area contributed by atoms with E-state index in [-0.39, 0.29) is 0 Å². The van der Waals surface area contributed by atoms with Gasteiger partial charge in [-0.15, -0.1) is 0 Å². The average molecular weight is 331 g/mol. The molecule has 1 saturated heterocycles. The molecule has 0 N–H and O–H groups in total. The number of aryl methyl sites for hydroxylation is 2. The fourth-order valence-electron chi connectivity index (χ4n) is 2.50. The third kappa shape index (κ3) is 8.49. The molecule has 0 bridgehead atoms. The van der Waals surface area contributed by atoms with Crippen LogP contribution in [-0.4, -0.2) is 12.7 Å². The van der Waals surface area contributed by atoms with Crippen LogP contribution in [0.3, 0.4) is 0 Å². The molecule has 136 valence electrons. The van der Waals surface area contributed by atoms with Crippen LogP contribution in [-0.2, 0) is 4.74 Å². The molecule has 1 aliphatic heterocycles. The van der Waals surface area contributed by atoms with Gasteiger partial charge in [0.25, 0.3) is 0 Å². The van der Waals surface area contributed by atoms with E-state index < -0.39 is 0 Å². The van der Waals surface area contributed by atoms with E-state index >= 15 is 0 Å². The molecule has 1 aliphatic rings. The van der Waals surface area contributed by atoms with Gasteiger partial charge in [-0.05, 0) is 50.3 Å². The molecule has 2 aromatic rings. The Kier molecular flexibility index (Phi) is 12.3. The second-order valence-electron chi connectivity index (χ2n) is 6.18. The monoisotopic (exact) mass is 330 g/mol.